The van der Waals surface area contributed by atoms with Crippen LogP contribution in [-0.2, 0) is 6.42 Å². The van der Waals surface area contributed by atoms with Crippen molar-refractivity contribution < 1.29 is 9.15 Å². The van der Waals surface area contributed by atoms with E-state index in [1.807, 2.05) is 18.2 Å². The van der Waals surface area contributed by atoms with Gasteiger partial charge in [-0.3, -0.25) is 0 Å². The minimum atomic E-state index is 0.205. The van der Waals surface area contributed by atoms with Gasteiger partial charge in [0, 0.05) is 12.5 Å². The Balaban J connectivity index is 1.58. The van der Waals surface area contributed by atoms with Crippen molar-refractivity contribution in [2.24, 2.45) is 5.73 Å². The second-order valence-corrected chi connectivity index (χ2v) is 5.49. The fraction of sp³-hybridized carbons (Fsp3) is 0.412. The maximum Gasteiger partial charge on any atom is 0.122 e. The smallest absolute Gasteiger partial charge is 0.122 e. The lowest BCUT2D eigenvalue weighted by atomic mass is 9.86. The Hall–Kier alpha value is -1.74. The third kappa shape index (κ3) is 3.05. The number of nitrogens with two attached hydrogens (primary N) is 1. The topological polar surface area (TPSA) is 48.4 Å². The van der Waals surface area contributed by atoms with Crippen LogP contribution in [0.3, 0.4) is 0 Å². The number of furan rings is 1. The van der Waals surface area contributed by atoms with E-state index in [0.29, 0.717) is 5.92 Å². The predicted octanol–water partition coefficient (Wildman–Crippen LogP) is 3.50. The van der Waals surface area contributed by atoms with Crippen molar-refractivity contribution in [3.8, 4) is 5.75 Å². The molecule has 20 heavy (non-hydrogen) atoms. The molecule has 0 bridgehead atoms. The molecule has 2 unspecified atom stereocenters. The van der Waals surface area contributed by atoms with Crippen LogP contribution in [0.5, 0.6) is 5.75 Å². The second-order valence-electron chi connectivity index (χ2n) is 5.49. The molecule has 3 rings (SSSR count). The molecule has 0 saturated carbocycles. The van der Waals surface area contributed by atoms with E-state index >= 15 is 0 Å². The Kier molecular flexibility index (Phi) is 4.07. The van der Waals surface area contributed by atoms with Gasteiger partial charge in [0.25, 0.3) is 0 Å². The maximum absolute atomic E-state index is 6.30. The van der Waals surface area contributed by atoms with Gasteiger partial charge in [0.05, 0.1) is 12.9 Å². The van der Waals surface area contributed by atoms with Crippen molar-refractivity contribution in [2.45, 2.75) is 37.6 Å². The fourth-order valence-electron chi connectivity index (χ4n) is 2.93. The summed E-state index contributed by atoms with van der Waals surface area (Å²) in [4.78, 5) is 0. The Labute approximate surface area is 119 Å². The lowest BCUT2D eigenvalue weighted by molar-refractivity contribution is 0.257. The number of rotatable bonds is 5. The lowest BCUT2D eigenvalue weighted by Gasteiger charge is -2.27. The van der Waals surface area contributed by atoms with E-state index < -0.39 is 0 Å². The zero-order chi connectivity index (χ0) is 13.8. The van der Waals surface area contributed by atoms with E-state index in [1.54, 1.807) is 6.26 Å². The van der Waals surface area contributed by atoms with Crippen LogP contribution in [-0.4, -0.2) is 12.6 Å². The van der Waals surface area contributed by atoms with Crippen LogP contribution < -0.4 is 10.5 Å². The highest BCUT2D eigenvalue weighted by Crippen LogP contribution is 2.36. The molecule has 0 fully saturated rings. The molecule has 2 atom stereocenters. The van der Waals surface area contributed by atoms with Crippen LogP contribution in [0.2, 0.25) is 0 Å². The number of benzene rings is 1. The highest BCUT2D eigenvalue weighted by atomic mass is 16.5. The number of hydrogen-bond acceptors (Lipinski definition) is 3. The first-order valence-electron chi connectivity index (χ1n) is 7.32. The van der Waals surface area contributed by atoms with Gasteiger partial charge in [-0.25, -0.2) is 0 Å². The van der Waals surface area contributed by atoms with Gasteiger partial charge < -0.3 is 14.9 Å². The molecular formula is C17H21NO2. The molecule has 2 heterocycles. The van der Waals surface area contributed by atoms with Gasteiger partial charge in [0.1, 0.15) is 11.5 Å². The quantitative estimate of drug-likeness (QED) is 0.905. The second kappa shape index (κ2) is 6.14. The first-order chi connectivity index (χ1) is 9.83. The molecule has 0 amide bonds. The van der Waals surface area contributed by atoms with Crippen LogP contribution in [0.4, 0.5) is 0 Å². The Morgan fingerprint density at radius 2 is 2.10 bits per heavy atom. The summed E-state index contributed by atoms with van der Waals surface area (Å²) in [5.41, 5.74) is 7.61. The third-order valence-electron chi connectivity index (χ3n) is 4.01. The molecule has 106 valence electrons. The third-order valence-corrected chi connectivity index (χ3v) is 4.01. The molecule has 3 nitrogen and oxygen atoms in total. The van der Waals surface area contributed by atoms with Gasteiger partial charge in [-0.2, -0.15) is 0 Å². The average molecular weight is 271 g/mol. The molecule has 0 saturated heterocycles. The van der Waals surface area contributed by atoms with Crippen molar-refractivity contribution in [1.82, 2.24) is 0 Å². The van der Waals surface area contributed by atoms with Gasteiger partial charge in [-0.15, -0.1) is 0 Å². The average Bonchev–Trinajstić information content (AvgIpc) is 2.99. The predicted molar refractivity (Wildman–Crippen MR) is 78.9 cm³/mol. The highest BCUT2D eigenvalue weighted by Gasteiger charge is 2.22. The molecular weight excluding hydrogens is 250 g/mol. The fourth-order valence-corrected chi connectivity index (χ4v) is 2.93. The van der Waals surface area contributed by atoms with Gasteiger partial charge in [0.15, 0.2) is 0 Å². The molecule has 0 radical (unpaired) electrons. The van der Waals surface area contributed by atoms with Crippen LogP contribution in [0.1, 0.15) is 36.5 Å². The number of ether oxygens (including phenoxy) is 1. The van der Waals surface area contributed by atoms with Crippen molar-refractivity contribution >= 4 is 0 Å². The normalized spacial score (nSPS) is 19.1. The number of fused-ring (bicyclic) bond motifs is 1. The van der Waals surface area contributed by atoms with E-state index in [0.717, 1.165) is 43.8 Å². The van der Waals surface area contributed by atoms with Gasteiger partial charge in [0.2, 0.25) is 0 Å². The summed E-state index contributed by atoms with van der Waals surface area (Å²) in [7, 11) is 0. The molecule has 2 N–H and O–H groups in total. The zero-order valence-electron chi connectivity index (χ0n) is 11.6. The van der Waals surface area contributed by atoms with Crippen LogP contribution in [0.15, 0.2) is 47.1 Å². The molecule has 2 aromatic rings. The van der Waals surface area contributed by atoms with Gasteiger partial charge in [-0.1, -0.05) is 18.2 Å². The minimum absolute atomic E-state index is 0.205. The highest BCUT2D eigenvalue weighted by molar-refractivity contribution is 5.37. The number of para-hydroxylation sites is 1. The minimum Gasteiger partial charge on any atom is -0.493 e. The summed E-state index contributed by atoms with van der Waals surface area (Å²) >= 11 is 0. The summed E-state index contributed by atoms with van der Waals surface area (Å²) in [5.74, 6) is 2.57. The largest absolute Gasteiger partial charge is 0.493 e. The maximum atomic E-state index is 6.30. The first-order valence-corrected chi connectivity index (χ1v) is 7.32. The van der Waals surface area contributed by atoms with Gasteiger partial charge in [-0.05, 0) is 48.9 Å². The summed E-state index contributed by atoms with van der Waals surface area (Å²) in [6.45, 7) is 0.798. The Morgan fingerprint density at radius 3 is 2.95 bits per heavy atom. The summed E-state index contributed by atoms with van der Waals surface area (Å²) in [6, 6.07) is 12.5. The Bertz CT molecular complexity index is 536. The molecule has 3 heteroatoms. The van der Waals surface area contributed by atoms with E-state index in [1.165, 1.54) is 5.56 Å². The molecule has 0 aliphatic carbocycles. The van der Waals surface area contributed by atoms with Crippen LogP contribution in [0, 0.1) is 0 Å². The van der Waals surface area contributed by atoms with Crippen molar-refractivity contribution in [1.29, 1.82) is 0 Å². The van der Waals surface area contributed by atoms with Crippen molar-refractivity contribution in [2.75, 3.05) is 6.61 Å². The molecule has 1 aromatic heterocycles. The summed E-state index contributed by atoms with van der Waals surface area (Å²) in [5, 5.41) is 0. The number of aryl methyl sites for hydroxylation is 1. The van der Waals surface area contributed by atoms with E-state index in [9.17, 15) is 0 Å². The molecule has 1 aliphatic rings. The SMILES string of the molecule is NC(CCc1ccco1)CC1CCOc2ccccc21. The molecule has 1 aliphatic heterocycles. The van der Waals surface area contributed by atoms with Crippen molar-refractivity contribution in [3.05, 3.63) is 54.0 Å². The summed E-state index contributed by atoms with van der Waals surface area (Å²) in [6.07, 6.45) is 5.67. The van der Waals surface area contributed by atoms with Gasteiger partial charge >= 0.3 is 0 Å². The summed E-state index contributed by atoms with van der Waals surface area (Å²) < 4.78 is 11.1. The number of hydrogen-bond donors (Lipinski definition) is 1. The zero-order valence-corrected chi connectivity index (χ0v) is 11.6. The van der Waals surface area contributed by atoms with E-state index in [-0.39, 0.29) is 6.04 Å². The van der Waals surface area contributed by atoms with E-state index in [2.05, 4.69) is 18.2 Å². The lowest BCUT2D eigenvalue weighted by Crippen LogP contribution is -2.26. The monoisotopic (exact) mass is 271 g/mol. The van der Waals surface area contributed by atoms with Crippen molar-refractivity contribution in [3.63, 3.8) is 0 Å². The van der Waals surface area contributed by atoms with Crippen LogP contribution >= 0.6 is 0 Å². The standard InChI is InChI=1S/C17H21NO2/c18-14(7-8-15-4-3-10-19-15)12-13-9-11-20-17-6-2-1-5-16(13)17/h1-6,10,13-14H,7-9,11-12,18H2. The van der Waals surface area contributed by atoms with Crippen LogP contribution in [0.25, 0.3) is 0 Å². The first kappa shape index (κ1) is 13.3. The Morgan fingerprint density at radius 1 is 1.20 bits per heavy atom. The van der Waals surface area contributed by atoms with E-state index in [4.69, 9.17) is 14.9 Å². The molecule has 0 spiro atoms. The molecule has 1 aromatic carbocycles.